The lowest BCUT2D eigenvalue weighted by atomic mass is 9.91. The summed E-state index contributed by atoms with van der Waals surface area (Å²) in [7, 11) is -1.70. The highest BCUT2D eigenvalue weighted by Crippen LogP contribution is 2.19. The van der Waals surface area contributed by atoms with Gasteiger partial charge >= 0.3 is 6.03 Å². The summed E-state index contributed by atoms with van der Waals surface area (Å²) >= 11 is 0. The van der Waals surface area contributed by atoms with Crippen molar-refractivity contribution in [3.8, 4) is 0 Å². The molecule has 2 amide bonds. The lowest BCUT2D eigenvalue weighted by Crippen LogP contribution is -2.55. The van der Waals surface area contributed by atoms with E-state index in [0.717, 1.165) is 37.5 Å². The van der Waals surface area contributed by atoms with Crippen molar-refractivity contribution in [1.29, 1.82) is 0 Å². The number of rotatable bonds is 7. The number of carbonyl (C=O) groups excluding carboxylic acids is 1. The molecular weight excluding hydrogens is 342 g/mol. The van der Waals surface area contributed by atoms with E-state index in [1.54, 1.807) is 7.11 Å². The Hall–Kier alpha value is -1.64. The summed E-state index contributed by atoms with van der Waals surface area (Å²) < 4.78 is 31.0. The first-order valence-electron chi connectivity index (χ1n) is 8.48. The fourth-order valence-corrected chi connectivity index (χ4v) is 3.96. The first-order valence-corrected chi connectivity index (χ1v) is 10.4. The first kappa shape index (κ1) is 19.7. The number of benzene rings is 1. The first-order chi connectivity index (χ1) is 11.9. The van der Waals surface area contributed by atoms with E-state index in [4.69, 9.17) is 4.74 Å². The van der Waals surface area contributed by atoms with Crippen molar-refractivity contribution in [3.63, 3.8) is 0 Å². The van der Waals surface area contributed by atoms with Gasteiger partial charge in [0.05, 0.1) is 12.4 Å². The smallest absolute Gasteiger partial charge is 0.315 e. The van der Waals surface area contributed by atoms with Gasteiger partial charge in [0.15, 0.2) is 0 Å². The number of sulfonamides is 1. The van der Waals surface area contributed by atoms with Crippen LogP contribution < -0.4 is 15.4 Å². The molecule has 8 heteroatoms. The number of nitrogens with one attached hydrogen (secondary N) is 3. The van der Waals surface area contributed by atoms with E-state index in [1.165, 1.54) is 0 Å². The molecule has 1 saturated carbocycles. The minimum absolute atomic E-state index is 0.207. The van der Waals surface area contributed by atoms with Gasteiger partial charge in [0.1, 0.15) is 0 Å². The molecule has 0 bridgehead atoms. The topological polar surface area (TPSA) is 96.5 Å². The van der Waals surface area contributed by atoms with Crippen molar-refractivity contribution < 1.29 is 17.9 Å². The molecule has 3 atom stereocenters. The maximum absolute atomic E-state index is 12.2. The average molecular weight is 369 g/mol. The zero-order chi connectivity index (χ0) is 18.3. The molecule has 1 aliphatic carbocycles. The van der Waals surface area contributed by atoms with Gasteiger partial charge in [0, 0.05) is 25.7 Å². The Morgan fingerprint density at radius 2 is 1.84 bits per heavy atom. The van der Waals surface area contributed by atoms with E-state index < -0.39 is 10.0 Å². The third-order valence-corrected chi connectivity index (χ3v) is 5.08. The second-order valence-corrected chi connectivity index (χ2v) is 8.16. The van der Waals surface area contributed by atoms with Crippen molar-refractivity contribution in [2.75, 3.05) is 19.9 Å². The second-order valence-electron chi connectivity index (χ2n) is 6.38. The standard InChI is InChI=1S/C17H27N3O4S/c1-24-16(13-8-4-3-5-9-13)12-18-17(21)19-14-10-6-7-11-15(14)20-25(2,22)23/h3-5,8-9,14-16,20H,6-7,10-12H2,1-2H3,(H2,18,19,21)/t14-,15-,16-/m1/s1. The number of methoxy groups -OCH3 is 1. The molecule has 1 aliphatic rings. The molecule has 1 aromatic rings. The van der Waals surface area contributed by atoms with Crippen LogP contribution in [0.1, 0.15) is 37.4 Å². The normalized spacial score (nSPS) is 22.2. The summed E-state index contributed by atoms with van der Waals surface area (Å²) in [6.45, 7) is 0.337. The van der Waals surface area contributed by atoms with Crippen LogP contribution in [0.4, 0.5) is 4.79 Å². The van der Waals surface area contributed by atoms with Gasteiger partial charge in [0.2, 0.25) is 10.0 Å². The molecule has 0 spiro atoms. The van der Waals surface area contributed by atoms with Crippen LogP contribution in [0.3, 0.4) is 0 Å². The summed E-state index contributed by atoms with van der Waals surface area (Å²) in [6.07, 6.45) is 4.31. The van der Waals surface area contributed by atoms with Gasteiger partial charge in [-0.1, -0.05) is 43.2 Å². The van der Waals surface area contributed by atoms with E-state index in [2.05, 4.69) is 15.4 Å². The fraction of sp³-hybridized carbons (Fsp3) is 0.588. The van der Waals surface area contributed by atoms with Crippen LogP contribution in [0, 0.1) is 0 Å². The fourth-order valence-electron chi connectivity index (χ4n) is 3.13. The Morgan fingerprint density at radius 3 is 2.44 bits per heavy atom. The summed E-state index contributed by atoms with van der Waals surface area (Å²) in [5, 5.41) is 5.70. The van der Waals surface area contributed by atoms with Crippen LogP contribution in [0.2, 0.25) is 0 Å². The molecule has 140 valence electrons. The highest BCUT2D eigenvalue weighted by atomic mass is 32.2. The second kappa shape index (κ2) is 9.17. The van der Waals surface area contributed by atoms with Crippen LogP contribution >= 0.6 is 0 Å². The van der Waals surface area contributed by atoms with E-state index in [-0.39, 0.29) is 24.2 Å². The molecule has 0 unspecified atom stereocenters. The summed E-state index contributed by atoms with van der Waals surface area (Å²) in [5.74, 6) is 0. The van der Waals surface area contributed by atoms with Crippen molar-refractivity contribution in [3.05, 3.63) is 35.9 Å². The molecule has 25 heavy (non-hydrogen) atoms. The number of hydrogen-bond acceptors (Lipinski definition) is 4. The van der Waals surface area contributed by atoms with Crippen LogP contribution in [0.5, 0.6) is 0 Å². The zero-order valence-corrected chi connectivity index (χ0v) is 15.5. The largest absolute Gasteiger partial charge is 0.375 e. The summed E-state index contributed by atoms with van der Waals surface area (Å²) in [6, 6.07) is 8.87. The van der Waals surface area contributed by atoms with E-state index in [0.29, 0.717) is 6.54 Å². The SMILES string of the molecule is CO[C@H](CNC(=O)N[C@@H]1CCCC[C@H]1NS(C)(=O)=O)c1ccccc1. The zero-order valence-electron chi connectivity index (χ0n) is 14.7. The van der Waals surface area contributed by atoms with Gasteiger partial charge in [-0.25, -0.2) is 17.9 Å². The van der Waals surface area contributed by atoms with E-state index in [9.17, 15) is 13.2 Å². The molecule has 0 radical (unpaired) electrons. The molecule has 3 N–H and O–H groups in total. The Kier molecular flexibility index (Phi) is 7.22. The number of hydrogen-bond donors (Lipinski definition) is 3. The lowest BCUT2D eigenvalue weighted by Gasteiger charge is -2.32. The molecule has 0 aliphatic heterocycles. The van der Waals surface area contributed by atoms with Gasteiger partial charge in [0.25, 0.3) is 0 Å². The average Bonchev–Trinajstić information content (AvgIpc) is 2.57. The Labute approximate surface area is 149 Å². The van der Waals surface area contributed by atoms with Crippen LogP contribution in [0.25, 0.3) is 0 Å². The van der Waals surface area contributed by atoms with Crippen LogP contribution in [-0.4, -0.2) is 46.4 Å². The van der Waals surface area contributed by atoms with Gasteiger partial charge < -0.3 is 15.4 Å². The number of amides is 2. The highest BCUT2D eigenvalue weighted by molar-refractivity contribution is 7.88. The van der Waals surface area contributed by atoms with Crippen LogP contribution in [-0.2, 0) is 14.8 Å². The van der Waals surface area contributed by atoms with Gasteiger partial charge in [-0.2, -0.15) is 0 Å². The molecule has 7 nitrogen and oxygen atoms in total. The maximum Gasteiger partial charge on any atom is 0.315 e. The monoisotopic (exact) mass is 369 g/mol. The highest BCUT2D eigenvalue weighted by Gasteiger charge is 2.28. The Morgan fingerprint density at radius 1 is 1.20 bits per heavy atom. The predicted molar refractivity (Wildman–Crippen MR) is 96.7 cm³/mol. The van der Waals surface area contributed by atoms with Crippen molar-refractivity contribution >= 4 is 16.1 Å². The summed E-state index contributed by atoms with van der Waals surface area (Å²) in [5.41, 5.74) is 0.986. The van der Waals surface area contributed by atoms with E-state index >= 15 is 0 Å². The van der Waals surface area contributed by atoms with Crippen molar-refractivity contribution in [1.82, 2.24) is 15.4 Å². The third-order valence-electron chi connectivity index (χ3n) is 4.35. The molecule has 0 heterocycles. The predicted octanol–water partition coefficient (Wildman–Crippen LogP) is 1.53. The minimum atomic E-state index is -3.30. The Balaban J connectivity index is 1.87. The van der Waals surface area contributed by atoms with Crippen LogP contribution in [0.15, 0.2) is 30.3 Å². The molecular formula is C17H27N3O4S. The van der Waals surface area contributed by atoms with E-state index in [1.807, 2.05) is 30.3 Å². The molecule has 0 aromatic heterocycles. The molecule has 0 saturated heterocycles. The number of ether oxygens (including phenoxy) is 1. The lowest BCUT2D eigenvalue weighted by molar-refractivity contribution is 0.103. The molecule has 1 aromatic carbocycles. The third kappa shape index (κ3) is 6.64. The Bertz CT molecular complexity index is 651. The molecule has 1 fully saturated rings. The van der Waals surface area contributed by atoms with Gasteiger partial charge in [-0.3, -0.25) is 0 Å². The minimum Gasteiger partial charge on any atom is -0.375 e. The van der Waals surface area contributed by atoms with Crippen molar-refractivity contribution in [2.24, 2.45) is 0 Å². The number of carbonyl (C=O) groups is 1. The van der Waals surface area contributed by atoms with Gasteiger partial charge in [-0.05, 0) is 18.4 Å². The van der Waals surface area contributed by atoms with Crippen molar-refractivity contribution in [2.45, 2.75) is 43.9 Å². The number of urea groups is 1. The quantitative estimate of drug-likeness (QED) is 0.679. The summed E-state index contributed by atoms with van der Waals surface area (Å²) in [4.78, 5) is 12.2. The molecule has 2 rings (SSSR count). The van der Waals surface area contributed by atoms with Gasteiger partial charge in [-0.15, -0.1) is 0 Å². The maximum atomic E-state index is 12.2.